The summed E-state index contributed by atoms with van der Waals surface area (Å²) in [5.74, 6) is -0.314. The Morgan fingerprint density at radius 1 is 1.13 bits per heavy atom. The highest BCUT2D eigenvalue weighted by Gasteiger charge is 2.15. The summed E-state index contributed by atoms with van der Waals surface area (Å²) in [5.41, 5.74) is 0.969. The molecule has 1 aromatic heterocycles. The zero-order valence-electron chi connectivity index (χ0n) is 12.4. The second kappa shape index (κ2) is 6.34. The number of nitrogens with zero attached hydrogens (tertiary/aromatic N) is 2. The Labute approximate surface area is 141 Å². The van der Waals surface area contributed by atoms with Crippen LogP contribution in [0.2, 0.25) is 0 Å². The number of hydrogen-bond acceptors (Lipinski definition) is 3. The highest BCUT2D eigenvalue weighted by Crippen LogP contribution is 2.15. The summed E-state index contributed by atoms with van der Waals surface area (Å²) in [6.07, 6.45) is 0. The molecule has 116 valence electrons. The van der Waals surface area contributed by atoms with Gasteiger partial charge in [-0.2, -0.15) is 5.10 Å². The molecule has 0 bridgehead atoms. The second-order valence-corrected chi connectivity index (χ2v) is 5.98. The predicted octanol–water partition coefficient (Wildman–Crippen LogP) is 2.57. The number of benzene rings is 2. The maximum Gasteiger partial charge on any atom is 0.274 e. The Kier molecular flexibility index (Phi) is 4.25. The van der Waals surface area contributed by atoms with Crippen LogP contribution in [0.1, 0.15) is 16.1 Å². The molecule has 1 N–H and O–H groups in total. The molecule has 3 rings (SSSR count). The van der Waals surface area contributed by atoms with Crippen LogP contribution in [0, 0.1) is 0 Å². The summed E-state index contributed by atoms with van der Waals surface area (Å²) < 4.78 is 2.29. The first-order chi connectivity index (χ1) is 11.1. The molecule has 0 spiro atoms. The van der Waals surface area contributed by atoms with Gasteiger partial charge >= 0.3 is 0 Å². The number of amides is 1. The van der Waals surface area contributed by atoms with Gasteiger partial charge in [0.15, 0.2) is 5.69 Å². The molecule has 0 atom stereocenters. The normalized spacial score (nSPS) is 10.7. The zero-order valence-corrected chi connectivity index (χ0v) is 14.0. The lowest BCUT2D eigenvalue weighted by Crippen LogP contribution is -2.29. The highest BCUT2D eigenvalue weighted by atomic mass is 79.9. The van der Waals surface area contributed by atoms with Crippen LogP contribution in [0.4, 0.5) is 0 Å². The Morgan fingerprint density at radius 3 is 2.43 bits per heavy atom. The third kappa shape index (κ3) is 3.03. The van der Waals surface area contributed by atoms with Gasteiger partial charge in [-0.15, -0.1) is 0 Å². The van der Waals surface area contributed by atoms with Crippen LogP contribution in [-0.2, 0) is 6.54 Å². The average molecular weight is 372 g/mol. The minimum absolute atomic E-state index is 0.212. The summed E-state index contributed by atoms with van der Waals surface area (Å²) in [6, 6.07) is 14.6. The lowest BCUT2D eigenvalue weighted by Gasteiger charge is -2.10. The van der Waals surface area contributed by atoms with E-state index in [9.17, 15) is 9.59 Å². The summed E-state index contributed by atoms with van der Waals surface area (Å²) in [6.45, 7) is 0.306. The van der Waals surface area contributed by atoms with Crippen molar-refractivity contribution in [1.82, 2.24) is 15.1 Å². The molecule has 23 heavy (non-hydrogen) atoms. The molecule has 0 aliphatic carbocycles. The standard InChI is InChI=1S/C17H14BrN3O2/c1-19-16(22)15-13-4-2-3-5-14(13)17(23)21(20-15)10-11-6-8-12(18)9-7-11/h2-9H,10H2,1H3,(H,19,22). The predicted molar refractivity (Wildman–Crippen MR) is 92.6 cm³/mol. The Bertz CT molecular complexity index is 933. The molecule has 0 radical (unpaired) electrons. The van der Waals surface area contributed by atoms with E-state index in [0.717, 1.165) is 10.0 Å². The number of halogens is 1. The molecule has 0 fully saturated rings. The van der Waals surface area contributed by atoms with E-state index in [1.807, 2.05) is 24.3 Å². The number of carbonyl (C=O) groups is 1. The fraction of sp³-hybridized carbons (Fsp3) is 0.118. The zero-order chi connectivity index (χ0) is 16.4. The third-order valence-electron chi connectivity index (χ3n) is 3.56. The maximum atomic E-state index is 12.6. The van der Waals surface area contributed by atoms with Gasteiger partial charge in [0, 0.05) is 16.9 Å². The number of fused-ring (bicyclic) bond motifs is 1. The lowest BCUT2D eigenvalue weighted by molar-refractivity contribution is 0.0957. The molecule has 0 aliphatic heterocycles. The van der Waals surface area contributed by atoms with Crippen LogP contribution in [0.3, 0.4) is 0 Å². The Morgan fingerprint density at radius 2 is 1.78 bits per heavy atom. The Hall–Kier alpha value is -2.47. The van der Waals surface area contributed by atoms with E-state index in [1.165, 1.54) is 4.68 Å². The maximum absolute atomic E-state index is 12.6. The summed E-state index contributed by atoms with van der Waals surface area (Å²) in [5, 5.41) is 7.88. The van der Waals surface area contributed by atoms with Crippen molar-refractivity contribution in [3.05, 3.63) is 74.6 Å². The van der Waals surface area contributed by atoms with Crippen molar-refractivity contribution in [3.8, 4) is 0 Å². The van der Waals surface area contributed by atoms with E-state index < -0.39 is 0 Å². The summed E-state index contributed by atoms with van der Waals surface area (Å²) in [4.78, 5) is 24.7. The number of nitrogens with one attached hydrogen (secondary N) is 1. The van der Waals surface area contributed by atoms with Crippen molar-refractivity contribution < 1.29 is 4.79 Å². The van der Waals surface area contributed by atoms with Gasteiger partial charge in [0.25, 0.3) is 11.5 Å². The molecule has 2 aromatic carbocycles. The van der Waals surface area contributed by atoms with Crippen molar-refractivity contribution in [2.75, 3.05) is 7.05 Å². The van der Waals surface area contributed by atoms with Gasteiger partial charge < -0.3 is 5.32 Å². The molecule has 0 saturated heterocycles. The van der Waals surface area contributed by atoms with E-state index in [2.05, 4.69) is 26.3 Å². The van der Waals surface area contributed by atoms with Crippen molar-refractivity contribution in [2.45, 2.75) is 6.54 Å². The van der Waals surface area contributed by atoms with E-state index in [0.29, 0.717) is 17.3 Å². The van der Waals surface area contributed by atoms with Crippen LogP contribution < -0.4 is 10.9 Å². The van der Waals surface area contributed by atoms with Crippen LogP contribution in [0.25, 0.3) is 10.8 Å². The Balaban J connectivity index is 2.17. The number of rotatable bonds is 3. The number of hydrogen-bond donors (Lipinski definition) is 1. The molecule has 0 aliphatic rings. The van der Waals surface area contributed by atoms with Gasteiger partial charge in [-0.1, -0.05) is 46.3 Å². The SMILES string of the molecule is CNC(=O)c1nn(Cc2ccc(Br)cc2)c(=O)c2ccccc12. The smallest absolute Gasteiger partial charge is 0.274 e. The van der Waals surface area contributed by atoms with E-state index >= 15 is 0 Å². The van der Waals surface area contributed by atoms with Gasteiger partial charge in [-0.05, 0) is 23.8 Å². The molecule has 6 heteroatoms. The van der Waals surface area contributed by atoms with Crippen LogP contribution in [-0.4, -0.2) is 22.7 Å². The minimum Gasteiger partial charge on any atom is -0.354 e. The topological polar surface area (TPSA) is 64.0 Å². The van der Waals surface area contributed by atoms with E-state index in [1.54, 1.807) is 31.3 Å². The molecule has 1 heterocycles. The van der Waals surface area contributed by atoms with Gasteiger partial charge in [-0.25, -0.2) is 4.68 Å². The quantitative estimate of drug-likeness (QED) is 0.769. The van der Waals surface area contributed by atoms with Gasteiger partial charge in [0.05, 0.1) is 11.9 Å². The summed E-state index contributed by atoms with van der Waals surface area (Å²) in [7, 11) is 1.54. The lowest BCUT2D eigenvalue weighted by atomic mass is 10.1. The fourth-order valence-electron chi connectivity index (χ4n) is 2.39. The largest absolute Gasteiger partial charge is 0.354 e. The van der Waals surface area contributed by atoms with Crippen molar-refractivity contribution in [2.24, 2.45) is 0 Å². The molecule has 0 saturated carbocycles. The first-order valence-electron chi connectivity index (χ1n) is 7.06. The van der Waals surface area contributed by atoms with Crippen molar-refractivity contribution >= 4 is 32.6 Å². The van der Waals surface area contributed by atoms with Gasteiger partial charge in [-0.3, -0.25) is 9.59 Å². The number of carbonyl (C=O) groups excluding carboxylic acids is 1. The van der Waals surface area contributed by atoms with Crippen molar-refractivity contribution in [1.29, 1.82) is 0 Å². The van der Waals surface area contributed by atoms with E-state index in [4.69, 9.17) is 0 Å². The third-order valence-corrected chi connectivity index (χ3v) is 4.08. The molecular formula is C17H14BrN3O2. The first kappa shape index (κ1) is 15.4. The molecule has 5 nitrogen and oxygen atoms in total. The monoisotopic (exact) mass is 371 g/mol. The minimum atomic E-state index is -0.314. The second-order valence-electron chi connectivity index (χ2n) is 5.06. The molecule has 3 aromatic rings. The summed E-state index contributed by atoms with van der Waals surface area (Å²) >= 11 is 3.38. The molecular weight excluding hydrogens is 358 g/mol. The molecule has 1 amide bonds. The number of aromatic nitrogens is 2. The van der Waals surface area contributed by atoms with Gasteiger partial charge in [0.2, 0.25) is 0 Å². The van der Waals surface area contributed by atoms with Gasteiger partial charge in [0.1, 0.15) is 0 Å². The first-order valence-corrected chi connectivity index (χ1v) is 7.86. The van der Waals surface area contributed by atoms with Crippen LogP contribution in [0.15, 0.2) is 57.8 Å². The van der Waals surface area contributed by atoms with E-state index in [-0.39, 0.29) is 17.2 Å². The fourth-order valence-corrected chi connectivity index (χ4v) is 2.66. The van der Waals surface area contributed by atoms with Crippen LogP contribution in [0.5, 0.6) is 0 Å². The van der Waals surface area contributed by atoms with Crippen LogP contribution >= 0.6 is 15.9 Å². The molecule has 0 unspecified atom stereocenters. The van der Waals surface area contributed by atoms with Crippen molar-refractivity contribution in [3.63, 3.8) is 0 Å². The highest BCUT2D eigenvalue weighted by molar-refractivity contribution is 9.10. The average Bonchev–Trinajstić information content (AvgIpc) is 2.58.